The summed E-state index contributed by atoms with van der Waals surface area (Å²) in [5.74, 6) is 0. The zero-order valence-corrected chi connectivity index (χ0v) is 21.3. The van der Waals surface area contributed by atoms with Crippen LogP contribution in [0.4, 0.5) is 0 Å². The van der Waals surface area contributed by atoms with E-state index in [1.807, 2.05) is 0 Å². The van der Waals surface area contributed by atoms with Gasteiger partial charge in [-0.05, 0) is 98.6 Å². The largest absolute Gasteiger partial charge is 0.281 e. The Morgan fingerprint density at radius 1 is 0.647 bits per heavy atom. The summed E-state index contributed by atoms with van der Waals surface area (Å²) < 4.78 is 0. The lowest BCUT2D eigenvalue weighted by Gasteiger charge is -2.24. The molecule has 0 fully saturated rings. The third kappa shape index (κ3) is 4.24. The van der Waals surface area contributed by atoms with Gasteiger partial charge in [-0.15, -0.1) is 0 Å². The van der Waals surface area contributed by atoms with Crippen molar-refractivity contribution in [3.63, 3.8) is 0 Å². The first-order valence-electron chi connectivity index (χ1n) is 13.3. The maximum atomic E-state index is 5.37. The topological polar surface area (TPSA) is 24.7 Å². The first-order chi connectivity index (χ1) is 16.6. The molecule has 3 aliphatic carbocycles. The monoisotopic (exact) mass is 450 g/mol. The molecule has 0 heterocycles. The number of rotatable bonds is 6. The molecule has 0 radical (unpaired) electrons. The highest BCUT2D eigenvalue weighted by molar-refractivity contribution is 6.01. The maximum absolute atomic E-state index is 5.37. The van der Waals surface area contributed by atoms with Crippen molar-refractivity contribution in [1.82, 2.24) is 0 Å². The highest BCUT2D eigenvalue weighted by Crippen LogP contribution is 2.48. The average molecular weight is 451 g/mol. The first kappa shape index (κ1) is 23.0. The summed E-state index contributed by atoms with van der Waals surface area (Å²) in [5.41, 5.74) is 14.3. The molecule has 0 saturated carbocycles. The van der Waals surface area contributed by atoms with E-state index >= 15 is 0 Å². The number of benzene rings is 2. The Morgan fingerprint density at radius 2 is 1.06 bits per heavy atom. The molecular weight excluding hydrogens is 412 g/mol. The standard InChI is InChI=1S/C32H38N2/c1-5-23-11-7-9-13-27(23)21(3)33-29-19-17-25-15-16-26-18-20-30(32(26)31(25)29)34-22(4)28-14-10-8-12-24(28)6-2/h7-14,29-30H,5-6,15-20H2,1-4H3/b33-21+,34-22+/t29-,30-/m1/s1. The molecule has 0 saturated heterocycles. The fourth-order valence-corrected chi connectivity index (χ4v) is 6.44. The molecule has 0 unspecified atom stereocenters. The molecule has 2 heteroatoms. The minimum absolute atomic E-state index is 0.296. The number of aliphatic imine (C=N–C) groups is 2. The van der Waals surface area contributed by atoms with Gasteiger partial charge in [-0.1, -0.05) is 73.5 Å². The Bertz CT molecular complexity index is 1110. The van der Waals surface area contributed by atoms with Gasteiger partial charge in [0.1, 0.15) is 0 Å². The lowest BCUT2D eigenvalue weighted by Crippen LogP contribution is -2.18. The van der Waals surface area contributed by atoms with Crippen LogP contribution in [0, 0.1) is 0 Å². The zero-order valence-electron chi connectivity index (χ0n) is 21.3. The molecule has 0 aromatic heterocycles. The van der Waals surface area contributed by atoms with Crippen molar-refractivity contribution in [2.24, 2.45) is 9.98 Å². The molecule has 3 aliphatic rings. The maximum Gasteiger partial charge on any atom is 0.0758 e. The number of aryl methyl sites for hydroxylation is 2. The number of allylic oxidation sites excluding steroid dienone is 2. The van der Waals surface area contributed by atoms with Gasteiger partial charge in [-0.25, -0.2) is 0 Å². The molecule has 0 N–H and O–H groups in total. The smallest absolute Gasteiger partial charge is 0.0758 e. The van der Waals surface area contributed by atoms with Crippen LogP contribution in [0.3, 0.4) is 0 Å². The highest BCUT2D eigenvalue weighted by Gasteiger charge is 2.38. The second-order valence-electron chi connectivity index (χ2n) is 10.1. The summed E-state index contributed by atoms with van der Waals surface area (Å²) in [7, 11) is 0. The number of hydrogen-bond donors (Lipinski definition) is 0. The van der Waals surface area contributed by atoms with Crippen LogP contribution < -0.4 is 0 Å². The summed E-state index contributed by atoms with van der Waals surface area (Å²) in [6.07, 6.45) is 9.28. The van der Waals surface area contributed by atoms with Crippen LogP contribution in [0.1, 0.15) is 88.5 Å². The molecule has 0 amide bonds. The van der Waals surface area contributed by atoms with Crippen molar-refractivity contribution in [2.75, 3.05) is 0 Å². The number of fused-ring (bicyclic) bond motifs is 1. The lowest BCUT2D eigenvalue weighted by molar-refractivity contribution is 0.715. The van der Waals surface area contributed by atoms with E-state index in [1.54, 1.807) is 22.3 Å². The van der Waals surface area contributed by atoms with Crippen LogP contribution in [0.25, 0.3) is 0 Å². The summed E-state index contributed by atoms with van der Waals surface area (Å²) in [4.78, 5) is 10.7. The summed E-state index contributed by atoms with van der Waals surface area (Å²) in [6, 6.07) is 18.1. The van der Waals surface area contributed by atoms with Gasteiger partial charge >= 0.3 is 0 Å². The van der Waals surface area contributed by atoms with Gasteiger partial charge in [-0.2, -0.15) is 0 Å². The minimum Gasteiger partial charge on any atom is -0.281 e. The van der Waals surface area contributed by atoms with Crippen LogP contribution in [0.2, 0.25) is 0 Å². The first-order valence-corrected chi connectivity index (χ1v) is 13.3. The number of hydrogen-bond acceptors (Lipinski definition) is 2. The van der Waals surface area contributed by atoms with Gasteiger partial charge in [0, 0.05) is 11.4 Å². The highest BCUT2D eigenvalue weighted by atomic mass is 14.9. The summed E-state index contributed by atoms with van der Waals surface area (Å²) >= 11 is 0. The van der Waals surface area contributed by atoms with E-state index in [-0.39, 0.29) is 0 Å². The quantitative estimate of drug-likeness (QED) is 0.400. The van der Waals surface area contributed by atoms with E-state index < -0.39 is 0 Å². The SMILES string of the molecule is CCc1ccccc1/C(C)=N/[C@@H]1CCC2=C1C1=C(CC2)CC[C@H]1/N=C(\C)c1ccccc1CC. The predicted molar refractivity (Wildman–Crippen MR) is 145 cm³/mol. The van der Waals surface area contributed by atoms with Gasteiger partial charge in [0.05, 0.1) is 12.1 Å². The van der Waals surface area contributed by atoms with Gasteiger partial charge in [0.2, 0.25) is 0 Å². The Morgan fingerprint density at radius 3 is 1.47 bits per heavy atom. The van der Waals surface area contributed by atoms with E-state index in [4.69, 9.17) is 9.98 Å². The van der Waals surface area contributed by atoms with Crippen molar-refractivity contribution in [3.8, 4) is 0 Å². The van der Waals surface area contributed by atoms with E-state index in [2.05, 4.69) is 76.2 Å². The second kappa shape index (κ2) is 9.86. The summed E-state index contributed by atoms with van der Waals surface area (Å²) in [5, 5.41) is 0. The molecule has 34 heavy (non-hydrogen) atoms. The Labute approximate surface area is 205 Å². The summed E-state index contributed by atoms with van der Waals surface area (Å²) in [6.45, 7) is 8.89. The van der Waals surface area contributed by atoms with E-state index in [9.17, 15) is 0 Å². The van der Waals surface area contributed by atoms with Gasteiger partial charge < -0.3 is 0 Å². The molecule has 2 aromatic carbocycles. The molecule has 0 aliphatic heterocycles. The van der Waals surface area contributed by atoms with Crippen LogP contribution in [0.15, 0.2) is 80.8 Å². The van der Waals surface area contributed by atoms with Gasteiger partial charge in [0.25, 0.3) is 0 Å². The third-order valence-electron chi connectivity index (χ3n) is 8.16. The van der Waals surface area contributed by atoms with Crippen molar-refractivity contribution in [3.05, 3.63) is 93.1 Å². The Kier molecular flexibility index (Phi) is 6.68. The molecule has 0 bridgehead atoms. The normalized spacial score (nSPS) is 22.9. The van der Waals surface area contributed by atoms with Crippen LogP contribution in [-0.4, -0.2) is 23.5 Å². The molecule has 0 spiro atoms. The van der Waals surface area contributed by atoms with E-state index in [0.29, 0.717) is 12.1 Å². The second-order valence-corrected chi connectivity index (χ2v) is 10.1. The lowest BCUT2D eigenvalue weighted by atomic mass is 9.86. The van der Waals surface area contributed by atoms with Crippen LogP contribution >= 0.6 is 0 Å². The van der Waals surface area contributed by atoms with Crippen molar-refractivity contribution in [2.45, 2.75) is 91.1 Å². The van der Waals surface area contributed by atoms with E-state index in [0.717, 1.165) is 25.7 Å². The predicted octanol–water partition coefficient (Wildman–Crippen LogP) is 7.84. The molecule has 2 nitrogen and oxygen atoms in total. The molecular formula is C32H38N2. The third-order valence-corrected chi connectivity index (χ3v) is 8.16. The Balaban J connectivity index is 1.48. The van der Waals surface area contributed by atoms with Crippen molar-refractivity contribution < 1.29 is 0 Å². The van der Waals surface area contributed by atoms with Gasteiger partial charge in [0.15, 0.2) is 0 Å². The van der Waals surface area contributed by atoms with Crippen LogP contribution in [0.5, 0.6) is 0 Å². The van der Waals surface area contributed by atoms with Crippen LogP contribution in [-0.2, 0) is 12.8 Å². The van der Waals surface area contributed by atoms with Gasteiger partial charge in [-0.3, -0.25) is 9.98 Å². The zero-order chi connectivity index (χ0) is 23.7. The number of nitrogens with zero attached hydrogens (tertiary/aromatic N) is 2. The molecule has 2 aromatic rings. The fourth-order valence-electron chi connectivity index (χ4n) is 6.44. The molecule has 176 valence electrons. The fraction of sp³-hybridized carbons (Fsp3) is 0.438. The minimum atomic E-state index is 0.296. The Hall–Kier alpha value is -2.74. The van der Waals surface area contributed by atoms with Crippen molar-refractivity contribution in [1.29, 1.82) is 0 Å². The molecule has 5 rings (SSSR count). The van der Waals surface area contributed by atoms with E-state index in [1.165, 1.54) is 59.4 Å². The average Bonchev–Trinajstić information content (AvgIpc) is 3.47. The molecule has 2 atom stereocenters. The van der Waals surface area contributed by atoms with Crippen molar-refractivity contribution >= 4 is 11.4 Å².